The zero-order valence-corrected chi connectivity index (χ0v) is 11.2. The van der Waals surface area contributed by atoms with E-state index in [-0.39, 0.29) is 0 Å². The Morgan fingerprint density at radius 2 is 1.82 bits per heavy atom. The molecule has 0 saturated heterocycles. The van der Waals surface area contributed by atoms with Crippen LogP contribution in [0.1, 0.15) is 44.2 Å². The predicted molar refractivity (Wildman–Crippen MR) is 74.0 cm³/mol. The second-order valence-electron chi connectivity index (χ2n) is 5.92. The molecular formula is C16H25N. The van der Waals surface area contributed by atoms with Gasteiger partial charge in [0.05, 0.1) is 0 Å². The van der Waals surface area contributed by atoms with Crippen molar-refractivity contribution in [2.45, 2.75) is 46.0 Å². The van der Waals surface area contributed by atoms with Gasteiger partial charge in [-0.3, -0.25) is 0 Å². The van der Waals surface area contributed by atoms with Crippen molar-refractivity contribution in [3.8, 4) is 0 Å². The number of rotatable bonds is 5. The number of fused-ring (bicyclic) bond motifs is 1. The van der Waals surface area contributed by atoms with E-state index in [4.69, 9.17) is 5.73 Å². The molecular weight excluding hydrogens is 206 g/mol. The first kappa shape index (κ1) is 12.6. The minimum Gasteiger partial charge on any atom is -0.330 e. The van der Waals surface area contributed by atoms with Crippen LogP contribution in [0.5, 0.6) is 0 Å². The fourth-order valence-corrected chi connectivity index (χ4v) is 3.48. The molecule has 94 valence electrons. The summed E-state index contributed by atoms with van der Waals surface area (Å²) in [4.78, 5) is 0. The lowest BCUT2D eigenvalue weighted by Crippen LogP contribution is -2.33. The van der Waals surface area contributed by atoms with Crippen molar-refractivity contribution in [3.63, 3.8) is 0 Å². The van der Waals surface area contributed by atoms with Crippen molar-refractivity contribution >= 4 is 0 Å². The molecule has 0 fully saturated rings. The third-order valence-electron chi connectivity index (χ3n) is 4.25. The lowest BCUT2D eigenvalue weighted by atomic mass is 9.76. The van der Waals surface area contributed by atoms with Crippen LogP contribution in [-0.2, 0) is 12.8 Å². The minimum absolute atomic E-state index is 0.346. The quantitative estimate of drug-likeness (QED) is 0.824. The van der Waals surface area contributed by atoms with Gasteiger partial charge in [-0.2, -0.15) is 0 Å². The summed E-state index contributed by atoms with van der Waals surface area (Å²) in [5.41, 5.74) is 9.50. The zero-order valence-electron chi connectivity index (χ0n) is 11.2. The Kier molecular flexibility index (Phi) is 3.88. The molecule has 2 rings (SSSR count). The Morgan fingerprint density at radius 3 is 2.29 bits per heavy atom. The highest BCUT2D eigenvalue weighted by atomic mass is 14.6. The van der Waals surface area contributed by atoms with Crippen molar-refractivity contribution in [2.24, 2.45) is 17.1 Å². The summed E-state index contributed by atoms with van der Waals surface area (Å²) in [5.74, 6) is 0.804. The van der Waals surface area contributed by atoms with Crippen molar-refractivity contribution in [1.29, 1.82) is 0 Å². The molecule has 1 atom stereocenters. The monoisotopic (exact) mass is 231 g/mol. The standard InChI is InChI=1S/C16H25N/c1-3-6-13(2)9-16(12-17)10-14-7-4-5-8-15(14)11-16/h4-5,7-8,13H,3,6,9-12,17H2,1-2H3. The van der Waals surface area contributed by atoms with Gasteiger partial charge in [0.25, 0.3) is 0 Å². The maximum Gasteiger partial charge on any atom is -0.00140 e. The van der Waals surface area contributed by atoms with E-state index in [1.54, 1.807) is 0 Å². The lowest BCUT2D eigenvalue weighted by Gasteiger charge is -2.30. The summed E-state index contributed by atoms with van der Waals surface area (Å²) < 4.78 is 0. The summed E-state index contributed by atoms with van der Waals surface area (Å²) in [6, 6.07) is 8.86. The van der Waals surface area contributed by atoms with Crippen molar-refractivity contribution < 1.29 is 0 Å². The van der Waals surface area contributed by atoms with Gasteiger partial charge in [0, 0.05) is 0 Å². The van der Waals surface area contributed by atoms with E-state index in [2.05, 4.69) is 38.1 Å². The van der Waals surface area contributed by atoms with Crippen molar-refractivity contribution in [1.82, 2.24) is 0 Å². The first-order chi connectivity index (χ1) is 8.19. The van der Waals surface area contributed by atoms with Crippen LogP contribution >= 0.6 is 0 Å². The molecule has 0 radical (unpaired) electrons. The fourth-order valence-electron chi connectivity index (χ4n) is 3.48. The van der Waals surface area contributed by atoms with E-state index >= 15 is 0 Å². The smallest absolute Gasteiger partial charge is 0.00140 e. The van der Waals surface area contributed by atoms with Gasteiger partial charge in [0.1, 0.15) is 0 Å². The van der Waals surface area contributed by atoms with E-state index in [0.717, 1.165) is 12.5 Å². The molecule has 17 heavy (non-hydrogen) atoms. The van der Waals surface area contributed by atoms with Gasteiger partial charge in [-0.05, 0) is 48.3 Å². The molecule has 2 N–H and O–H groups in total. The van der Waals surface area contributed by atoms with Crippen LogP contribution in [0.2, 0.25) is 0 Å². The molecule has 1 heteroatoms. The van der Waals surface area contributed by atoms with Crippen LogP contribution in [0.3, 0.4) is 0 Å². The van der Waals surface area contributed by atoms with Crippen LogP contribution in [0.15, 0.2) is 24.3 Å². The first-order valence-corrected chi connectivity index (χ1v) is 6.96. The average molecular weight is 231 g/mol. The predicted octanol–water partition coefficient (Wildman–Crippen LogP) is 3.56. The van der Waals surface area contributed by atoms with Crippen LogP contribution in [0, 0.1) is 11.3 Å². The molecule has 0 amide bonds. The van der Waals surface area contributed by atoms with E-state index in [0.29, 0.717) is 5.41 Å². The highest BCUT2D eigenvalue weighted by Crippen LogP contribution is 2.41. The number of hydrogen-bond donors (Lipinski definition) is 1. The molecule has 1 aromatic carbocycles. The Balaban J connectivity index is 2.09. The summed E-state index contributed by atoms with van der Waals surface area (Å²) in [6.45, 7) is 5.48. The second kappa shape index (κ2) is 5.22. The topological polar surface area (TPSA) is 26.0 Å². The molecule has 1 aliphatic rings. The van der Waals surface area contributed by atoms with Crippen LogP contribution in [-0.4, -0.2) is 6.54 Å². The van der Waals surface area contributed by atoms with E-state index < -0.39 is 0 Å². The first-order valence-electron chi connectivity index (χ1n) is 6.96. The van der Waals surface area contributed by atoms with Gasteiger partial charge in [0.15, 0.2) is 0 Å². The van der Waals surface area contributed by atoms with Gasteiger partial charge in [-0.1, -0.05) is 51.0 Å². The number of benzene rings is 1. The normalized spacial score (nSPS) is 19.0. The number of nitrogens with two attached hydrogens (primary N) is 1. The summed E-state index contributed by atoms with van der Waals surface area (Å²) >= 11 is 0. The van der Waals surface area contributed by atoms with Gasteiger partial charge in [0.2, 0.25) is 0 Å². The molecule has 0 saturated carbocycles. The Morgan fingerprint density at radius 1 is 1.24 bits per heavy atom. The van der Waals surface area contributed by atoms with Crippen LogP contribution < -0.4 is 5.73 Å². The summed E-state index contributed by atoms with van der Waals surface area (Å²) in [5, 5.41) is 0. The average Bonchev–Trinajstić information content (AvgIpc) is 2.67. The minimum atomic E-state index is 0.346. The summed E-state index contributed by atoms with van der Waals surface area (Å²) in [7, 11) is 0. The van der Waals surface area contributed by atoms with Crippen LogP contribution in [0.25, 0.3) is 0 Å². The van der Waals surface area contributed by atoms with Crippen molar-refractivity contribution in [3.05, 3.63) is 35.4 Å². The summed E-state index contributed by atoms with van der Waals surface area (Å²) in [6.07, 6.45) is 6.28. The SMILES string of the molecule is CCCC(C)CC1(CN)Cc2ccccc2C1. The fraction of sp³-hybridized carbons (Fsp3) is 0.625. The maximum absolute atomic E-state index is 6.09. The molecule has 0 spiro atoms. The third kappa shape index (κ3) is 2.71. The molecule has 1 nitrogen and oxygen atoms in total. The molecule has 0 bridgehead atoms. The molecule has 0 heterocycles. The molecule has 0 aliphatic heterocycles. The van der Waals surface area contributed by atoms with Crippen LogP contribution in [0.4, 0.5) is 0 Å². The van der Waals surface area contributed by atoms with Gasteiger partial charge in [-0.15, -0.1) is 0 Å². The van der Waals surface area contributed by atoms with E-state index in [9.17, 15) is 0 Å². The number of hydrogen-bond acceptors (Lipinski definition) is 1. The highest BCUT2D eigenvalue weighted by molar-refractivity contribution is 5.34. The van der Waals surface area contributed by atoms with Gasteiger partial charge in [-0.25, -0.2) is 0 Å². The van der Waals surface area contributed by atoms with Gasteiger partial charge >= 0.3 is 0 Å². The zero-order chi connectivity index (χ0) is 12.3. The van der Waals surface area contributed by atoms with E-state index in [1.165, 1.54) is 43.2 Å². The molecule has 1 aromatic rings. The molecule has 1 unspecified atom stereocenters. The lowest BCUT2D eigenvalue weighted by molar-refractivity contribution is 0.235. The molecule has 1 aliphatic carbocycles. The third-order valence-corrected chi connectivity index (χ3v) is 4.25. The second-order valence-corrected chi connectivity index (χ2v) is 5.92. The largest absolute Gasteiger partial charge is 0.330 e. The Labute approximate surface area is 105 Å². The van der Waals surface area contributed by atoms with Gasteiger partial charge < -0.3 is 5.73 Å². The maximum atomic E-state index is 6.09. The highest BCUT2D eigenvalue weighted by Gasteiger charge is 2.36. The Hall–Kier alpha value is -0.820. The molecule has 0 aromatic heterocycles. The van der Waals surface area contributed by atoms with Crippen molar-refractivity contribution in [2.75, 3.05) is 6.54 Å². The van der Waals surface area contributed by atoms with E-state index in [1.807, 2.05) is 0 Å². The Bertz CT molecular complexity index is 345.